The summed E-state index contributed by atoms with van der Waals surface area (Å²) < 4.78 is 0. The number of thioether (sulfide) groups is 2. The van der Waals surface area contributed by atoms with Crippen molar-refractivity contribution in [2.24, 2.45) is 5.92 Å². The molecule has 0 aromatic carbocycles. The second-order valence-corrected chi connectivity index (χ2v) is 7.69. The number of hydrogen-bond donors (Lipinski definition) is 0. The summed E-state index contributed by atoms with van der Waals surface area (Å²) in [5, 5.41) is 0.830. The third-order valence-electron chi connectivity index (χ3n) is 3.73. The molecule has 0 radical (unpaired) electrons. The van der Waals surface area contributed by atoms with Gasteiger partial charge < -0.3 is 0 Å². The highest BCUT2D eigenvalue weighted by molar-refractivity contribution is 8.07. The van der Waals surface area contributed by atoms with Gasteiger partial charge in [-0.05, 0) is 12.8 Å². The molecule has 1 aliphatic heterocycles. The highest BCUT2D eigenvalue weighted by atomic mass is 32.2. The Bertz CT molecular complexity index is 234. The second kappa shape index (κ2) is 6.34. The first kappa shape index (κ1) is 12.8. The van der Waals surface area contributed by atoms with Gasteiger partial charge in [-0.2, -0.15) is 11.8 Å². The van der Waals surface area contributed by atoms with E-state index in [9.17, 15) is 4.79 Å². The van der Waals surface area contributed by atoms with Crippen LogP contribution in [0.25, 0.3) is 0 Å². The van der Waals surface area contributed by atoms with Crippen molar-refractivity contribution in [1.29, 1.82) is 0 Å². The van der Waals surface area contributed by atoms with Crippen LogP contribution in [-0.2, 0) is 4.79 Å². The lowest BCUT2D eigenvalue weighted by atomic mass is 9.92. The highest BCUT2D eigenvalue weighted by Crippen LogP contribution is 2.35. The Kier molecular flexibility index (Phi) is 5.08. The standard InChI is InChI=1S/C13H22OS2/c1-10-13(16-9-8-15-10)12(14)11-6-4-2-3-5-7-11/h10-11,13H,2-9H2,1H3. The summed E-state index contributed by atoms with van der Waals surface area (Å²) in [6.07, 6.45) is 7.54. The SMILES string of the molecule is CC1SCCSC1C(=O)C1CCCCCC1. The van der Waals surface area contributed by atoms with Crippen LogP contribution < -0.4 is 0 Å². The molecule has 2 rings (SSSR count). The quantitative estimate of drug-likeness (QED) is 0.702. The molecule has 2 aliphatic rings. The highest BCUT2D eigenvalue weighted by Gasteiger charge is 2.33. The van der Waals surface area contributed by atoms with Crippen LogP contribution in [0.5, 0.6) is 0 Å². The molecule has 0 aromatic rings. The lowest BCUT2D eigenvalue weighted by Gasteiger charge is -2.29. The van der Waals surface area contributed by atoms with Gasteiger partial charge in [0.15, 0.2) is 0 Å². The molecular formula is C13H22OS2. The van der Waals surface area contributed by atoms with Crippen molar-refractivity contribution >= 4 is 29.3 Å². The molecule has 1 saturated heterocycles. The van der Waals surface area contributed by atoms with Crippen LogP contribution in [0.1, 0.15) is 45.4 Å². The predicted octanol–water partition coefficient (Wildman–Crippen LogP) is 3.76. The maximum Gasteiger partial charge on any atom is 0.149 e. The molecule has 92 valence electrons. The maximum absolute atomic E-state index is 12.5. The van der Waals surface area contributed by atoms with Gasteiger partial charge in [-0.1, -0.05) is 32.6 Å². The number of carbonyl (C=O) groups is 1. The van der Waals surface area contributed by atoms with Gasteiger partial charge in [-0.25, -0.2) is 0 Å². The fourth-order valence-corrected chi connectivity index (χ4v) is 5.55. The number of rotatable bonds is 2. The smallest absolute Gasteiger partial charge is 0.149 e. The molecule has 2 unspecified atom stereocenters. The fourth-order valence-electron chi connectivity index (χ4n) is 2.74. The normalized spacial score (nSPS) is 33.3. The first-order valence-electron chi connectivity index (χ1n) is 6.56. The molecule has 2 fully saturated rings. The Balaban J connectivity index is 1.93. The monoisotopic (exact) mass is 258 g/mol. The van der Waals surface area contributed by atoms with Crippen LogP contribution in [-0.4, -0.2) is 27.8 Å². The largest absolute Gasteiger partial charge is 0.298 e. The van der Waals surface area contributed by atoms with Crippen molar-refractivity contribution in [3.63, 3.8) is 0 Å². The predicted molar refractivity (Wildman–Crippen MR) is 74.4 cm³/mol. The van der Waals surface area contributed by atoms with Crippen molar-refractivity contribution in [2.75, 3.05) is 11.5 Å². The number of hydrogen-bond acceptors (Lipinski definition) is 3. The summed E-state index contributed by atoms with van der Waals surface area (Å²) >= 11 is 3.89. The van der Waals surface area contributed by atoms with Gasteiger partial charge in [0.05, 0.1) is 5.25 Å². The van der Waals surface area contributed by atoms with Crippen LogP contribution in [0, 0.1) is 5.92 Å². The van der Waals surface area contributed by atoms with Gasteiger partial charge in [0.25, 0.3) is 0 Å². The summed E-state index contributed by atoms with van der Waals surface area (Å²) in [7, 11) is 0. The number of Topliss-reactive ketones (excluding diaryl/α,β-unsaturated/α-hetero) is 1. The van der Waals surface area contributed by atoms with Crippen LogP contribution >= 0.6 is 23.5 Å². The minimum Gasteiger partial charge on any atom is -0.298 e. The number of carbonyl (C=O) groups excluding carboxylic acids is 1. The van der Waals surface area contributed by atoms with Gasteiger partial charge in [0, 0.05) is 22.7 Å². The lowest BCUT2D eigenvalue weighted by Crippen LogP contribution is -2.35. The third-order valence-corrected chi connectivity index (χ3v) is 6.83. The summed E-state index contributed by atoms with van der Waals surface area (Å²) in [6.45, 7) is 2.23. The van der Waals surface area contributed by atoms with Crippen molar-refractivity contribution < 1.29 is 4.79 Å². The molecule has 0 aromatic heterocycles. The summed E-state index contributed by atoms with van der Waals surface area (Å²) in [5.74, 6) is 3.35. The molecule has 2 atom stereocenters. The Morgan fingerprint density at radius 2 is 1.62 bits per heavy atom. The molecule has 0 amide bonds. The van der Waals surface area contributed by atoms with Crippen molar-refractivity contribution in [3.05, 3.63) is 0 Å². The van der Waals surface area contributed by atoms with E-state index in [0.717, 1.165) is 18.6 Å². The molecule has 1 aliphatic carbocycles. The Hall–Kier alpha value is 0.370. The van der Waals surface area contributed by atoms with Crippen LogP contribution in [0.15, 0.2) is 0 Å². The molecule has 1 saturated carbocycles. The van der Waals surface area contributed by atoms with Crippen LogP contribution in [0.3, 0.4) is 0 Å². The molecule has 16 heavy (non-hydrogen) atoms. The van der Waals surface area contributed by atoms with E-state index in [1.165, 1.54) is 31.4 Å². The zero-order chi connectivity index (χ0) is 11.4. The molecule has 0 N–H and O–H groups in total. The zero-order valence-corrected chi connectivity index (χ0v) is 11.7. The average molecular weight is 258 g/mol. The zero-order valence-electron chi connectivity index (χ0n) is 10.1. The molecule has 0 spiro atoms. The Morgan fingerprint density at radius 3 is 2.25 bits per heavy atom. The van der Waals surface area contributed by atoms with Gasteiger partial charge in [-0.3, -0.25) is 4.79 Å². The average Bonchev–Trinajstić information content (AvgIpc) is 2.57. The van der Waals surface area contributed by atoms with E-state index in [1.54, 1.807) is 0 Å². The van der Waals surface area contributed by atoms with E-state index in [0.29, 0.717) is 22.2 Å². The van der Waals surface area contributed by atoms with Crippen molar-refractivity contribution in [1.82, 2.24) is 0 Å². The minimum absolute atomic E-state index is 0.293. The summed E-state index contributed by atoms with van der Waals surface area (Å²) in [6, 6.07) is 0. The third kappa shape index (κ3) is 3.19. The molecule has 3 heteroatoms. The topological polar surface area (TPSA) is 17.1 Å². The van der Waals surface area contributed by atoms with E-state index in [2.05, 4.69) is 6.92 Å². The lowest BCUT2D eigenvalue weighted by molar-refractivity contribution is -0.122. The first-order chi connectivity index (χ1) is 7.79. The van der Waals surface area contributed by atoms with E-state index in [1.807, 2.05) is 23.5 Å². The van der Waals surface area contributed by atoms with Crippen LogP contribution in [0.4, 0.5) is 0 Å². The number of ketones is 1. The van der Waals surface area contributed by atoms with Gasteiger partial charge in [-0.15, -0.1) is 11.8 Å². The minimum atomic E-state index is 0.293. The second-order valence-electron chi connectivity index (χ2n) is 4.96. The molecular weight excluding hydrogens is 236 g/mol. The van der Waals surface area contributed by atoms with Crippen molar-refractivity contribution in [2.45, 2.75) is 55.9 Å². The van der Waals surface area contributed by atoms with E-state index < -0.39 is 0 Å². The summed E-state index contributed by atoms with van der Waals surface area (Å²) in [5.41, 5.74) is 0. The Morgan fingerprint density at radius 1 is 1.00 bits per heavy atom. The van der Waals surface area contributed by atoms with Crippen molar-refractivity contribution in [3.8, 4) is 0 Å². The van der Waals surface area contributed by atoms with Gasteiger partial charge >= 0.3 is 0 Å². The molecule has 1 nitrogen and oxygen atoms in total. The summed E-state index contributed by atoms with van der Waals surface area (Å²) in [4.78, 5) is 12.5. The van der Waals surface area contributed by atoms with Gasteiger partial charge in [0.1, 0.15) is 5.78 Å². The van der Waals surface area contributed by atoms with E-state index in [-0.39, 0.29) is 0 Å². The van der Waals surface area contributed by atoms with E-state index in [4.69, 9.17) is 0 Å². The Labute approximate surface area is 108 Å². The van der Waals surface area contributed by atoms with Crippen LogP contribution in [0.2, 0.25) is 0 Å². The molecule has 0 bridgehead atoms. The fraction of sp³-hybridized carbons (Fsp3) is 0.923. The molecule has 1 heterocycles. The van der Waals surface area contributed by atoms with Gasteiger partial charge in [0.2, 0.25) is 0 Å². The first-order valence-corrected chi connectivity index (χ1v) is 8.65. The maximum atomic E-state index is 12.5. The van der Waals surface area contributed by atoms with E-state index >= 15 is 0 Å².